The summed E-state index contributed by atoms with van der Waals surface area (Å²) in [6, 6.07) is 4.73. The van der Waals surface area contributed by atoms with Crippen molar-refractivity contribution < 1.29 is 22.7 Å². The quantitative estimate of drug-likeness (QED) is 0.400. The summed E-state index contributed by atoms with van der Waals surface area (Å²) in [7, 11) is 0. The van der Waals surface area contributed by atoms with Crippen molar-refractivity contribution in [1.82, 2.24) is 9.97 Å². The van der Waals surface area contributed by atoms with Gasteiger partial charge in [0.2, 0.25) is 0 Å². The molecule has 1 aliphatic carbocycles. The highest BCUT2D eigenvalue weighted by Gasteiger charge is 2.28. The van der Waals surface area contributed by atoms with Gasteiger partial charge in [0.05, 0.1) is 17.4 Å². The molecule has 2 aromatic heterocycles. The molecule has 0 bridgehead atoms. The maximum atomic E-state index is 14.9. The second-order valence-electron chi connectivity index (χ2n) is 10.1. The van der Waals surface area contributed by atoms with Crippen molar-refractivity contribution in [1.29, 1.82) is 0 Å². The number of nitrogens with zero attached hydrogens (tertiary/aromatic N) is 2. The molecule has 1 aromatic carbocycles. The molecule has 4 rings (SSSR count). The fourth-order valence-corrected chi connectivity index (χ4v) is 5.17. The maximum absolute atomic E-state index is 14.9. The van der Waals surface area contributed by atoms with E-state index in [-0.39, 0.29) is 41.6 Å². The molecule has 3 atom stereocenters. The Morgan fingerprint density at radius 2 is 1.81 bits per heavy atom. The topological polar surface area (TPSA) is 104 Å². The summed E-state index contributed by atoms with van der Waals surface area (Å²) in [5, 5.41) is 0. The molecule has 0 aliphatic heterocycles. The Bertz CT molecular complexity index is 1280. The standard InChI is InChI=1S/C28H31F3N4O2/c1-14(2)37-19-10-21(29)26(22(30)11-19)27-23(31)12-24(33)28(35-27)25(36)9-17-13-34-5-4-20(17)16-6-15(3)7-18(32)8-16/h4-5,10-16,18H,6-9,32-33H2,1-3H3/t15-,16+,18-/m0/s1. The minimum absolute atomic E-state index is 0.0400. The molecule has 1 fully saturated rings. The molecule has 37 heavy (non-hydrogen) atoms. The first-order chi connectivity index (χ1) is 17.5. The Hall–Kier alpha value is -3.46. The van der Waals surface area contributed by atoms with Crippen LogP contribution >= 0.6 is 0 Å². The number of aromatic nitrogens is 2. The van der Waals surface area contributed by atoms with E-state index in [9.17, 15) is 18.0 Å². The number of rotatable bonds is 7. The number of ketones is 1. The number of anilines is 1. The highest BCUT2D eigenvalue weighted by Crippen LogP contribution is 2.37. The number of carbonyl (C=O) groups is 1. The van der Waals surface area contributed by atoms with Gasteiger partial charge in [-0.15, -0.1) is 0 Å². The smallest absolute Gasteiger partial charge is 0.187 e. The maximum Gasteiger partial charge on any atom is 0.187 e. The van der Waals surface area contributed by atoms with Gasteiger partial charge in [0.15, 0.2) is 11.6 Å². The van der Waals surface area contributed by atoms with Gasteiger partial charge < -0.3 is 16.2 Å². The number of hydrogen-bond acceptors (Lipinski definition) is 6. The van der Waals surface area contributed by atoms with Crippen LogP contribution in [-0.2, 0) is 6.42 Å². The van der Waals surface area contributed by atoms with Gasteiger partial charge in [-0.2, -0.15) is 0 Å². The molecule has 4 N–H and O–H groups in total. The lowest BCUT2D eigenvalue weighted by Gasteiger charge is -2.32. The first-order valence-corrected chi connectivity index (χ1v) is 12.4. The Morgan fingerprint density at radius 1 is 1.11 bits per heavy atom. The average Bonchev–Trinajstić information content (AvgIpc) is 2.79. The van der Waals surface area contributed by atoms with Crippen LogP contribution in [0.5, 0.6) is 5.75 Å². The lowest BCUT2D eigenvalue weighted by atomic mass is 9.75. The van der Waals surface area contributed by atoms with E-state index >= 15 is 0 Å². The lowest BCUT2D eigenvalue weighted by molar-refractivity contribution is 0.0988. The van der Waals surface area contributed by atoms with Crippen LogP contribution in [0.25, 0.3) is 11.3 Å². The van der Waals surface area contributed by atoms with Crippen molar-refractivity contribution in [2.75, 3.05) is 5.73 Å². The van der Waals surface area contributed by atoms with E-state index in [0.717, 1.165) is 43.0 Å². The minimum atomic E-state index is -1.07. The summed E-state index contributed by atoms with van der Waals surface area (Å²) < 4.78 is 49.9. The Morgan fingerprint density at radius 3 is 2.46 bits per heavy atom. The van der Waals surface area contributed by atoms with Gasteiger partial charge in [0.25, 0.3) is 0 Å². The second kappa shape index (κ2) is 10.9. The van der Waals surface area contributed by atoms with Crippen LogP contribution in [0.2, 0.25) is 0 Å². The number of benzene rings is 1. The highest BCUT2D eigenvalue weighted by atomic mass is 19.1. The molecule has 1 saturated carbocycles. The summed E-state index contributed by atoms with van der Waals surface area (Å²) in [5.74, 6) is -3.11. The SMILES string of the molecule is CC(C)Oc1cc(F)c(-c2nc(C(=O)Cc3cnccc3[C@@H]3C[C@H](C)C[C@H](N)C3)c(N)cc2F)c(F)c1. The minimum Gasteiger partial charge on any atom is -0.491 e. The van der Waals surface area contributed by atoms with E-state index in [2.05, 4.69) is 16.9 Å². The van der Waals surface area contributed by atoms with Crippen LogP contribution in [-0.4, -0.2) is 27.9 Å². The average molecular weight is 513 g/mol. The van der Waals surface area contributed by atoms with Gasteiger partial charge in [-0.3, -0.25) is 9.78 Å². The molecular formula is C28H31F3N4O2. The number of nitrogens with two attached hydrogens (primary N) is 2. The first kappa shape index (κ1) is 26.6. The van der Waals surface area contributed by atoms with Gasteiger partial charge in [-0.25, -0.2) is 18.2 Å². The molecule has 0 spiro atoms. The van der Waals surface area contributed by atoms with E-state index in [4.69, 9.17) is 16.2 Å². The second-order valence-corrected chi connectivity index (χ2v) is 10.1. The zero-order valence-corrected chi connectivity index (χ0v) is 21.1. The molecule has 0 radical (unpaired) electrons. The molecule has 1 aliphatic rings. The van der Waals surface area contributed by atoms with Crippen molar-refractivity contribution in [2.24, 2.45) is 11.7 Å². The Kier molecular flexibility index (Phi) is 7.82. The number of halogens is 3. The van der Waals surface area contributed by atoms with E-state index in [1.807, 2.05) is 6.07 Å². The van der Waals surface area contributed by atoms with Gasteiger partial charge in [0.1, 0.15) is 28.8 Å². The summed E-state index contributed by atoms with van der Waals surface area (Å²) in [6.07, 6.45) is 5.57. The Balaban J connectivity index is 1.67. The van der Waals surface area contributed by atoms with Crippen molar-refractivity contribution in [2.45, 2.75) is 64.5 Å². The highest BCUT2D eigenvalue weighted by molar-refractivity contribution is 6.00. The molecule has 9 heteroatoms. The fraction of sp³-hybridized carbons (Fsp3) is 0.393. The van der Waals surface area contributed by atoms with Crippen molar-refractivity contribution in [3.05, 3.63) is 70.9 Å². The summed E-state index contributed by atoms with van der Waals surface area (Å²) in [6.45, 7) is 5.57. The van der Waals surface area contributed by atoms with E-state index in [1.54, 1.807) is 26.2 Å². The van der Waals surface area contributed by atoms with Crippen LogP contribution in [0.3, 0.4) is 0 Å². The van der Waals surface area contributed by atoms with E-state index < -0.39 is 34.5 Å². The molecule has 3 aromatic rings. The number of ether oxygens (including phenoxy) is 1. The van der Waals surface area contributed by atoms with Gasteiger partial charge >= 0.3 is 0 Å². The summed E-state index contributed by atoms with van der Waals surface area (Å²) in [5.41, 5.74) is 12.0. The normalized spacial score (nSPS) is 19.7. The van der Waals surface area contributed by atoms with Crippen LogP contribution in [0.4, 0.5) is 18.9 Å². The monoisotopic (exact) mass is 512 g/mol. The molecule has 2 heterocycles. The van der Waals surface area contributed by atoms with Crippen LogP contribution < -0.4 is 16.2 Å². The third kappa shape index (κ3) is 5.93. The molecular weight excluding hydrogens is 481 g/mol. The third-order valence-electron chi connectivity index (χ3n) is 6.61. The lowest BCUT2D eigenvalue weighted by Crippen LogP contribution is -2.31. The zero-order valence-electron chi connectivity index (χ0n) is 21.1. The predicted octanol–water partition coefficient (Wildman–Crippen LogP) is 5.59. The number of hydrogen-bond donors (Lipinski definition) is 2. The predicted molar refractivity (Wildman–Crippen MR) is 136 cm³/mol. The van der Waals surface area contributed by atoms with Gasteiger partial charge in [0, 0.05) is 43.1 Å². The van der Waals surface area contributed by atoms with Crippen LogP contribution in [0.1, 0.15) is 67.6 Å². The molecule has 6 nitrogen and oxygen atoms in total. The number of nitrogen functional groups attached to an aromatic ring is 1. The largest absolute Gasteiger partial charge is 0.491 e. The molecule has 0 amide bonds. The summed E-state index contributed by atoms with van der Waals surface area (Å²) >= 11 is 0. The van der Waals surface area contributed by atoms with Crippen molar-refractivity contribution in [3.63, 3.8) is 0 Å². The van der Waals surface area contributed by atoms with Crippen molar-refractivity contribution >= 4 is 11.5 Å². The number of Topliss-reactive ketones (excluding diaryl/α,β-unsaturated/α-hetero) is 1. The molecule has 0 unspecified atom stereocenters. The van der Waals surface area contributed by atoms with Gasteiger partial charge in [-0.1, -0.05) is 6.92 Å². The fourth-order valence-electron chi connectivity index (χ4n) is 5.17. The van der Waals surface area contributed by atoms with Gasteiger partial charge in [-0.05, 0) is 62.1 Å². The molecule has 0 saturated heterocycles. The van der Waals surface area contributed by atoms with Crippen LogP contribution in [0, 0.1) is 23.4 Å². The summed E-state index contributed by atoms with van der Waals surface area (Å²) in [4.78, 5) is 21.5. The van der Waals surface area contributed by atoms with Crippen LogP contribution in [0.15, 0.2) is 36.7 Å². The van der Waals surface area contributed by atoms with E-state index in [0.29, 0.717) is 11.5 Å². The third-order valence-corrected chi connectivity index (χ3v) is 6.61. The first-order valence-electron chi connectivity index (χ1n) is 12.4. The van der Waals surface area contributed by atoms with Crippen molar-refractivity contribution in [3.8, 4) is 17.0 Å². The number of carbonyl (C=O) groups excluding carboxylic acids is 1. The zero-order chi connectivity index (χ0) is 26.9. The molecule has 196 valence electrons. The Labute approximate surface area is 214 Å². The van der Waals surface area contributed by atoms with E-state index in [1.165, 1.54) is 0 Å². The number of pyridine rings is 2.